The SMILES string of the molecule is O=C(OCN(c1cccc(F)c1)S(=O)(=O)c1cccnc1)c1ccccc1. The summed E-state index contributed by atoms with van der Waals surface area (Å²) >= 11 is 0. The minimum Gasteiger partial charge on any atom is -0.440 e. The molecule has 2 aromatic carbocycles. The lowest BCUT2D eigenvalue weighted by Crippen LogP contribution is -2.34. The number of benzene rings is 2. The van der Waals surface area contributed by atoms with Crippen LogP contribution in [0.25, 0.3) is 0 Å². The maximum atomic E-state index is 13.6. The highest BCUT2D eigenvalue weighted by molar-refractivity contribution is 7.92. The monoisotopic (exact) mass is 386 g/mol. The van der Waals surface area contributed by atoms with Gasteiger partial charge < -0.3 is 4.74 Å². The average molecular weight is 386 g/mol. The molecule has 0 aliphatic heterocycles. The molecule has 3 aromatic rings. The molecule has 0 unspecified atom stereocenters. The molecule has 0 radical (unpaired) electrons. The van der Waals surface area contributed by atoms with Gasteiger partial charge in [0.1, 0.15) is 10.7 Å². The number of aromatic nitrogens is 1. The van der Waals surface area contributed by atoms with E-state index in [0.29, 0.717) is 0 Å². The molecule has 1 heterocycles. The number of esters is 1. The number of rotatable bonds is 6. The fourth-order valence-corrected chi connectivity index (χ4v) is 3.60. The Kier molecular flexibility index (Phi) is 5.46. The number of nitrogens with zero attached hydrogens (tertiary/aromatic N) is 2. The first-order valence-corrected chi connectivity index (χ1v) is 9.33. The number of hydrogen-bond donors (Lipinski definition) is 0. The normalized spacial score (nSPS) is 11.0. The van der Waals surface area contributed by atoms with Crippen molar-refractivity contribution in [1.29, 1.82) is 0 Å². The highest BCUT2D eigenvalue weighted by Crippen LogP contribution is 2.24. The van der Waals surface area contributed by atoms with Gasteiger partial charge in [-0.2, -0.15) is 0 Å². The lowest BCUT2D eigenvalue weighted by atomic mass is 10.2. The smallest absolute Gasteiger partial charge is 0.339 e. The van der Waals surface area contributed by atoms with E-state index < -0.39 is 28.5 Å². The van der Waals surface area contributed by atoms with Gasteiger partial charge in [-0.15, -0.1) is 0 Å². The number of carbonyl (C=O) groups excluding carboxylic acids is 1. The summed E-state index contributed by atoms with van der Waals surface area (Å²) in [4.78, 5) is 15.9. The lowest BCUT2D eigenvalue weighted by molar-refractivity contribution is 0.0520. The Hall–Kier alpha value is -3.26. The van der Waals surface area contributed by atoms with Crippen molar-refractivity contribution in [2.75, 3.05) is 11.0 Å². The summed E-state index contributed by atoms with van der Waals surface area (Å²) in [6.45, 7) is -0.617. The van der Waals surface area contributed by atoms with Crippen molar-refractivity contribution in [3.8, 4) is 0 Å². The summed E-state index contributed by atoms with van der Waals surface area (Å²) in [5.41, 5.74) is 0.301. The average Bonchev–Trinajstić information content (AvgIpc) is 2.69. The summed E-state index contributed by atoms with van der Waals surface area (Å²) in [5.74, 6) is -1.31. The molecule has 1 aromatic heterocycles. The molecule has 27 heavy (non-hydrogen) atoms. The Morgan fingerprint density at radius 3 is 2.48 bits per heavy atom. The molecule has 0 aliphatic rings. The van der Waals surface area contributed by atoms with Gasteiger partial charge in [0.05, 0.1) is 11.3 Å². The zero-order valence-electron chi connectivity index (χ0n) is 14.0. The Bertz CT molecular complexity index is 1030. The molecular weight excluding hydrogens is 371 g/mol. The third kappa shape index (κ3) is 4.29. The molecule has 0 amide bonds. The van der Waals surface area contributed by atoms with E-state index in [-0.39, 0.29) is 16.1 Å². The minimum atomic E-state index is -4.12. The summed E-state index contributed by atoms with van der Waals surface area (Å²) < 4.78 is 45.5. The number of halogens is 1. The summed E-state index contributed by atoms with van der Waals surface area (Å²) in [6, 6.07) is 16.0. The van der Waals surface area contributed by atoms with Crippen LogP contribution in [0, 0.1) is 5.82 Å². The second kappa shape index (κ2) is 7.96. The van der Waals surface area contributed by atoms with Crippen LogP contribution in [0.4, 0.5) is 10.1 Å². The fraction of sp³-hybridized carbons (Fsp3) is 0.0526. The zero-order valence-corrected chi connectivity index (χ0v) is 14.8. The first kappa shape index (κ1) is 18.5. The standard InChI is InChI=1S/C19H15FN2O4S/c20-16-8-4-9-17(12-16)22(27(24,25)18-10-5-11-21-13-18)14-26-19(23)15-6-2-1-3-7-15/h1-13H,14H2. The summed E-state index contributed by atoms with van der Waals surface area (Å²) in [7, 11) is -4.12. The Labute approximate surface area is 155 Å². The van der Waals surface area contributed by atoms with E-state index in [4.69, 9.17) is 4.74 Å². The Morgan fingerprint density at radius 2 is 1.81 bits per heavy atom. The second-order valence-corrected chi connectivity index (χ2v) is 7.31. The molecule has 0 atom stereocenters. The lowest BCUT2D eigenvalue weighted by Gasteiger charge is -2.24. The molecule has 0 N–H and O–H groups in total. The molecule has 0 aliphatic carbocycles. The van der Waals surface area contributed by atoms with Crippen molar-refractivity contribution in [3.63, 3.8) is 0 Å². The van der Waals surface area contributed by atoms with Crippen molar-refractivity contribution in [2.24, 2.45) is 0 Å². The van der Waals surface area contributed by atoms with Crippen LogP contribution in [-0.4, -0.2) is 26.1 Å². The molecule has 8 heteroatoms. The van der Waals surface area contributed by atoms with Crippen molar-refractivity contribution in [1.82, 2.24) is 4.98 Å². The van der Waals surface area contributed by atoms with E-state index in [1.807, 2.05) is 0 Å². The third-order valence-electron chi connectivity index (χ3n) is 3.64. The molecule has 0 saturated heterocycles. The predicted octanol–water partition coefficient (Wildman–Crippen LogP) is 3.23. The maximum absolute atomic E-state index is 13.6. The van der Waals surface area contributed by atoms with Crippen molar-refractivity contribution >= 4 is 21.7 Å². The van der Waals surface area contributed by atoms with Gasteiger partial charge in [0.15, 0.2) is 6.73 Å². The van der Waals surface area contributed by atoms with Crippen LogP contribution in [0.5, 0.6) is 0 Å². The zero-order chi connectivity index (χ0) is 19.3. The van der Waals surface area contributed by atoms with Crippen LogP contribution >= 0.6 is 0 Å². The molecule has 0 bridgehead atoms. The van der Waals surface area contributed by atoms with Gasteiger partial charge in [0.2, 0.25) is 0 Å². The first-order valence-electron chi connectivity index (χ1n) is 7.89. The highest BCUT2D eigenvalue weighted by Gasteiger charge is 2.27. The number of hydrogen-bond acceptors (Lipinski definition) is 5. The van der Waals surface area contributed by atoms with E-state index in [9.17, 15) is 17.6 Å². The van der Waals surface area contributed by atoms with Gasteiger partial charge in [-0.3, -0.25) is 4.98 Å². The predicted molar refractivity (Wildman–Crippen MR) is 97.0 cm³/mol. The van der Waals surface area contributed by atoms with Crippen LogP contribution in [0.3, 0.4) is 0 Å². The minimum absolute atomic E-state index is 0.0275. The summed E-state index contributed by atoms with van der Waals surface area (Å²) in [5, 5.41) is 0. The number of pyridine rings is 1. The van der Waals surface area contributed by atoms with Gasteiger partial charge in [-0.1, -0.05) is 24.3 Å². The molecular formula is C19H15FN2O4S. The second-order valence-electron chi connectivity index (χ2n) is 5.45. The fourth-order valence-electron chi connectivity index (χ4n) is 2.32. The van der Waals surface area contributed by atoms with Crippen LogP contribution in [0.15, 0.2) is 84.0 Å². The highest BCUT2D eigenvalue weighted by atomic mass is 32.2. The van der Waals surface area contributed by atoms with Crippen LogP contribution < -0.4 is 4.31 Å². The quantitative estimate of drug-likeness (QED) is 0.480. The van der Waals surface area contributed by atoms with Gasteiger partial charge in [-0.05, 0) is 42.5 Å². The van der Waals surface area contributed by atoms with Crippen molar-refractivity contribution in [2.45, 2.75) is 4.90 Å². The number of carbonyl (C=O) groups is 1. The van der Waals surface area contributed by atoms with Crippen LogP contribution in [0.1, 0.15) is 10.4 Å². The maximum Gasteiger partial charge on any atom is 0.339 e. The van der Waals surface area contributed by atoms with Crippen LogP contribution in [0.2, 0.25) is 0 Å². The molecule has 138 valence electrons. The van der Waals surface area contributed by atoms with E-state index in [2.05, 4.69) is 4.98 Å². The molecule has 3 rings (SSSR count). The van der Waals surface area contributed by atoms with Gasteiger partial charge in [0.25, 0.3) is 10.0 Å². The molecule has 0 fully saturated rings. The van der Waals surface area contributed by atoms with E-state index >= 15 is 0 Å². The number of sulfonamides is 1. The molecule has 0 spiro atoms. The Balaban J connectivity index is 1.92. The van der Waals surface area contributed by atoms with Gasteiger partial charge in [-0.25, -0.2) is 21.9 Å². The number of anilines is 1. The number of ether oxygens (including phenoxy) is 1. The third-order valence-corrected chi connectivity index (χ3v) is 5.37. The molecule has 6 nitrogen and oxygen atoms in total. The topological polar surface area (TPSA) is 76.6 Å². The van der Waals surface area contributed by atoms with Crippen molar-refractivity contribution < 1.29 is 22.3 Å². The van der Waals surface area contributed by atoms with Gasteiger partial charge >= 0.3 is 5.97 Å². The van der Waals surface area contributed by atoms with Gasteiger partial charge in [0, 0.05) is 12.4 Å². The largest absolute Gasteiger partial charge is 0.440 e. The van der Waals surface area contributed by atoms with Crippen LogP contribution in [-0.2, 0) is 14.8 Å². The van der Waals surface area contributed by atoms with Crippen molar-refractivity contribution in [3.05, 3.63) is 90.5 Å². The van der Waals surface area contributed by atoms with E-state index in [0.717, 1.165) is 10.4 Å². The Morgan fingerprint density at radius 1 is 1.04 bits per heavy atom. The first-order chi connectivity index (χ1) is 13.0. The van der Waals surface area contributed by atoms with E-state index in [1.54, 1.807) is 30.3 Å². The van der Waals surface area contributed by atoms with E-state index in [1.165, 1.54) is 42.7 Å². The summed E-state index contributed by atoms with van der Waals surface area (Å²) in [6.07, 6.45) is 2.60. The molecule has 0 saturated carbocycles.